The molecule has 0 aliphatic heterocycles. The summed E-state index contributed by atoms with van der Waals surface area (Å²) in [4.78, 5) is 4.24. The highest BCUT2D eigenvalue weighted by atomic mass is 35.5. The molecule has 1 aromatic carbocycles. The Hall–Kier alpha value is -1.79. The zero-order valence-electron chi connectivity index (χ0n) is 10.6. The third kappa shape index (κ3) is 2.12. The highest BCUT2D eigenvalue weighted by molar-refractivity contribution is 6.30. The summed E-state index contributed by atoms with van der Waals surface area (Å²) in [5.74, 6) is 1.21. The number of hydrogen-bond acceptors (Lipinski definition) is 2. The van der Waals surface area contributed by atoms with Gasteiger partial charge in [0.05, 0.1) is 0 Å². The van der Waals surface area contributed by atoms with Crippen molar-refractivity contribution < 1.29 is 0 Å². The van der Waals surface area contributed by atoms with Crippen molar-refractivity contribution in [1.29, 1.82) is 5.26 Å². The molecular formula is C14H14ClN3. The highest BCUT2D eigenvalue weighted by Gasteiger charge is 2.13. The van der Waals surface area contributed by atoms with Gasteiger partial charge in [0.15, 0.2) is 5.69 Å². The number of hydrogen-bond donors (Lipinski definition) is 0. The van der Waals surface area contributed by atoms with Crippen LogP contribution in [0.25, 0.3) is 11.4 Å². The number of halogens is 1. The van der Waals surface area contributed by atoms with E-state index in [4.69, 9.17) is 16.9 Å². The van der Waals surface area contributed by atoms with Crippen LogP contribution in [0.1, 0.15) is 31.0 Å². The lowest BCUT2D eigenvalue weighted by atomic mass is 10.0. The normalized spacial score (nSPS) is 10.7. The summed E-state index contributed by atoms with van der Waals surface area (Å²) in [6.07, 6.45) is 0. The number of rotatable bonds is 2. The van der Waals surface area contributed by atoms with Gasteiger partial charge in [-0.05, 0) is 11.5 Å². The van der Waals surface area contributed by atoms with Crippen LogP contribution in [0, 0.1) is 11.3 Å². The van der Waals surface area contributed by atoms with E-state index in [1.54, 1.807) is 4.57 Å². The van der Waals surface area contributed by atoms with E-state index in [1.165, 1.54) is 5.56 Å². The first-order valence-electron chi connectivity index (χ1n) is 5.77. The molecule has 0 saturated heterocycles. The maximum Gasteiger partial charge on any atom is 0.178 e. The second-order valence-electron chi connectivity index (χ2n) is 4.52. The quantitative estimate of drug-likeness (QED) is 0.824. The fourth-order valence-corrected chi connectivity index (χ4v) is 1.99. The largest absolute Gasteiger partial charge is 0.317 e. The lowest BCUT2D eigenvalue weighted by molar-refractivity contribution is 0.866. The summed E-state index contributed by atoms with van der Waals surface area (Å²) in [6, 6.07) is 10.2. The number of benzene rings is 1. The zero-order valence-corrected chi connectivity index (χ0v) is 11.4. The summed E-state index contributed by atoms with van der Waals surface area (Å²) >= 11 is 6.02. The fraction of sp³-hybridized carbons (Fsp3) is 0.286. The Morgan fingerprint density at radius 3 is 2.33 bits per heavy atom. The van der Waals surface area contributed by atoms with E-state index in [0.29, 0.717) is 16.9 Å². The molecule has 1 aromatic heterocycles. The van der Waals surface area contributed by atoms with E-state index in [1.807, 2.05) is 25.2 Å². The topological polar surface area (TPSA) is 41.6 Å². The first kappa shape index (κ1) is 12.7. The Labute approximate surface area is 112 Å². The minimum Gasteiger partial charge on any atom is -0.317 e. The molecule has 0 aliphatic rings. The molecule has 0 fully saturated rings. The van der Waals surface area contributed by atoms with Crippen LogP contribution in [-0.2, 0) is 7.05 Å². The summed E-state index contributed by atoms with van der Waals surface area (Å²) in [5, 5.41) is 9.29. The number of nitriles is 1. The van der Waals surface area contributed by atoms with Crippen LogP contribution in [-0.4, -0.2) is 9.55 Å². The van der Waals surface area contributed by atoms with E-state index < -0.39 is 0 Å². The summed E-state index contributed by atoms with van der Waals surface area (Å²) < 4.78 is 1.73. The van der Waals surface area contributed by atoms with Gasteiger partial charge < -0.3 is 4.57 Å². The third-order valence-electron chi connectivity index (χ3n) is 2.97. The summed E-state index contributed by atoms with van der Waals surface area (Å²) in [5.41, 5.74) is 2.51. The van der Waals surface area contributed by atoms with Crippen molar-refractivity contribution in [3.63, 3.8) is 0 Å². The lowest BCUT2D eigenvalue weighted by Gasteiger charge is -2.07. The standard InChI is InChI=1S/C14H14ClN3/c1-9(2)10-4-6-11(7-5-10)14-17-12(8-16)13(15)18(14)3/h4-7,9H,1-3H3. The molecule has 0 bridgehead atoms. The van der Waals surface area contributed by atoms with E-state index >= 15 is 0 Å². The van der Waals surface area contributed by atoms with Gasteiger partial charge in [-0.15, -0.1) is 0 Å². The molecular weight excluding hydrogens is 246 g/mol. The Morgan fingerprint density at radius 1 is 1.28 bits per heavy atom. The van der Waals surface area contributed by atoms with Crippen LogP contribution in [0.15, 0.2) is 24.3 Å². The minimum atomic E-state index is 0.266. The smallest absolute Gasteiger partial charge is 0.178 e. The van der Waals surface area contributed by atoms with Gasteiger partial charge in [-0.2, -0.15) is 5.26 Å². The molecule has 0 atom stereocenters. The van der Waals surface area contributed by atoms with Crippen molar-refractivity contribution in [2.45, 2.75) is 19.8 Å². The molecule has 0 N–H and O–H groups in total. The van der Waals surface area contributed by atoms with Crippen molar-refractivity contribution in [3.8, 4) is 17.5 Å². The molecule has 0 amide bonds. The van der Waals surface area contributed by atoms with Crippen molar-refractivity contribution in [2.75, 3.05) is 0 Å². The Kier molecular flexibility index (Phi) is 3.40. The van der Waals surface area contributed by atoms with Crippen LogP contribution in [0.3, 0.4) is 0 Å². The van der Waals surface area contributed by atoms with Crippen molar-refractivity contribution >= 4 is 11.6 Å². The van der Waals surface area contributed by atoms with Gasteiger partial charge in [-0.1, -0.05) is 49.7 Å². The predicted octanol–water partition coefficient (Wildman–Crippen LogP) is 3.74. The molecule has 0 radical (unpaired) electrons. The van der Waals surface area contributed by atoms with Gasteiger partial charge in [0, 0.05) is 12.6 Å². The molecule has 4 heteroatoms. The van der Waals surface area contributed by atoms with Crippen molar-refractivity contribution in [3.05, 3.63) is 40.7 Å². The van der Waals surface area contributed by atoms with Gasteiger partial charge in [-0.25, -0.2) is 4.98 Å². The molecule has 1 heterocycles. The Balaban J connectivity index is 2.47. The minimum absolute atomic E-state index is 0.266. The Morgan fingerprint density at radius 2 is 1.89 bits per heavy atom. The van der Waals surface area contributed by atoms with E-state index in [0.717, 1.165) is 5.56 Å². The highest BCUT2D eigenvalue weighted by Crippen LogP contribution is 2.25. The van der Waals surface area contributed by atoms with E-state index in [-0.39, 0.29) is 5.69 Å². The van der Waals surface area contributed by atoms with Gasteiger partial charge in [0.25, 0.3) is 0 Å². The number of imidazole rings is 1. The molecule has 0 spiro atoms. The average molecular weight is 260 g/mol. The monoisotopic (exact) mass is 259 g/mol. The number of nitrogens with zero attached hydrogens (tertiary/aromatic N) is 3. The van der Waals surface area contributed by atoms with Gasteiger partial charge in [0.1, 0.15) is 17.0 Å². The van der Waals surface area contributed by atoms with E-state index in [2.05, 4.69) is 31.0 Å². The first-order valence-corrected chi connectivity index (χ1v) is 6.15. The summed E-state index contributed by atoms with van der Waals surface area (Å²) in [7, 11) is 1.81. The molecule has 0 unspecified atom stereocenters. The van der Waals surface area contributed by atoms with Crippen LogP contribution < -0.4 is 0 Å². The second-order valence-corrected chi connectivity index (χ2v) is 4.88. The molecule has 2 aromatic rings. The van der Waals surface area contributed by atoms with Crippen LogP contribution in [0.5, 0.6) is 0 Å². The van der Waals surface area contributed by atoms with Crippen LogP contribution in [0.2, 0.25) is 5.15 Å². The molecule has 92 valence electrons. The molecule has 3 nitrogen and oxygen atoms in total. The SMILES string of the molecule is CC(C)c1ccc(-c2nc(C#N)c(Cl)n2C)cc1. The van der Waals surface area contributed by atoms with Gasteiger partial charge in [-0.3, -0.25) is 0 Å². The van der Waals surface area contributed by atoms with Crippen LogP contribution >= 0.6 is 11.6 Å². The van der Waals surface area contributed by atoms with Gasteiger partial charge in [0.2, 0.25) is 0 Å². The molecule has 18 heavy (non-hydrogen) atoms. The molecule has 0 saturated carbocycles. The molecule has 2 rings (SSSR count). The van der Waals surface area contributed by atoms with Gasteiger partial charge >= 0.3 is 0 Å². The molecule has 0 aliphatic carbocycles. The number of aromatic nitrogens is 2. The van der Waals surface area contributed by atoms with E-state index in [9.17, 15) is 0 Å². The first-order chi connectivity index (χ1) is 8.54. The van der Waals surface area contributed by atoms with Crippen molar-refractivity contribution in [2.24, 2.45) is 7.05 Å². The predicted molar refractivity (Wildman–Crippen MR) is 72.5 cm³/mol. The summed E-state index contributed by atoms with van der Waals surface area (Å²) in [6.45, 7) is 4.31. The lowest BCUT2D eigenvalue weighted by Crippen LogP contribution is -1.93. The second kappa shape index (κ2) is 4.83. The zero-order chi connectivity index (χ0) is 13.3. The average Bonchev–Trinajstić information content (AvgIpc) is 2.66. The fourth-order valence-electron chi connectivity index (χ4n) is 1.83. The Bertz CT molecular complexity index is 603. The van der Waals surface area contributed by atoms with Crippen LogP contribution in [0.4, 0.5) is 0 Å². The third-order valence-corrected chi connectivity index (χ3v) is 3.40. The van der Waals surface area contributed by atoms with Crippen molar-refractivity contribution in [1.82, 2.24) is 9.55 Å². The maximum absolute atomic E-state index is 8.91. The maximum atomic E-state index is 8.91.